The lowest BCUT2D eigenvalue weighted by atomic mass is 9.67. The molecule has 2 aromatic carbocycles. The van der Waals surface area contributed by atoms with Gasteiger partial charge in [0, 0.05) is 12.5 Å². The van der Waals surface area contributed by atoms with Crippen LogP contribution in [0.25, 0.3) is 6.08 Å². The predicted octanol–water partition coefficient (Wildman–Crippen LogP) is 4.78. The van der Waals surface area contributed by atoms with E-state index in [-0.39, 0.29) is 11.7 Å². The molecule has 0 spiro atoms. The first-order chi connectivity index (χ1) is 13.3. The molecule has 1 aliphatic carbocycles. The fourth-order valence-electron chi connectivity index (χ4n) is 4.25. The van der Waals surface area contributed by atoms with Crippen LogP contribution in [0.1, 0.15) is 36.0 Å². The Bertz CT molecular complexity index is 844. The standard InChI is InChI=1S/C24H30FNO2/c1-17-14-20(10-13-23(17)25)24(27)19(6-5-7-21(24)16-26(2)3)15-18-8-11-22(28-4)12-9-18/h8-15,21,27H,5-7,16H2,1-4H3. The number of hydrogen-bond donors (Lipinski definition) is 1. The Morgan fingerprint density at radius 2 is 1.93 bits per heavy atom. The highest BCUT2D eigenvalue weighted by Gasteiger charge is 2.44. The molecule has 0 aliphatic heterocycles. The zero-order valence-electron chi connectivity index (χ0n) is 17.2. The summed E-state index contributed by atoms with van der Waals surface area (Å²) in [4.78, 5) is 2.11. The fraction of sp³-hybridized carbons (Fsp3) is 0.417. The lowest BCUT2D eigenvalue weighted by molar-refractivity contribution is -0.0175. The van der Waals surface area contributed by atoms with Gasteiger partial charge >= 0.3 is 0 Å². The minimum atomic E-state index is -1.11. The number of ether oxygens (including phenoxy) is 1. The largest absolute Gasteiger partial charge is 0.497 e. The number of aliphatic hydroxyl groups is 1. The third-order valence-electron chi connectivity index (χ3n) is 5.72. The monoisotopic (exact) mass is 383 g/mol. The van der Waals surface area contributed by atoms with Crippen molar-refractivity contribution in [2.24, 2.45) is 5.92 Å². The summed E-state index contributed by atoms with van der Waals surface area (Å²) in [6, 6.07) is 12.8. The molecule has 2 unspecified atom stereocenters. The van der Waals surface area contributed by atoms with Gasteiger partial charge in [-0.25, -0.2) is 4.39 Å². The maximum Gasteiger partial charge on any atom is 0.126 e. The van der Waals surface area contributed by atoms with Crippen LogP contribution < -0.4 is 4.74 Å². The Morgan fingerprint density at radius 3 is 2.54 bits per heavy atom. The molecule has 1 saturated carbocycles. The van der Waals surface area contributed by atoms with Crippen molar-refractivity contribution in [3.63, 3.8) is 0 Å². The van der Waals surface area contributed by atoms with E-state index in [2.05, 4.69) is 11.0 Å². The molecule has 2 aromatic rings. The second kappa shape index (κ2) is 8.46. The van der Waals surface area contributed by atoms with Gasteiger partial charge in [0.05, 0.1) is 7.11 Å². The number of benzene rings is 2. The molecule has 1 N–H and O–H groups in total. The highest BCUT2D eigenvalue weighted by molar-refractivity contribution is 5.58. The average molecular weight is 384 g/mol. The van der Waals surface area contributed by atoms with Crippen LogP contribution in [0.5, 0.6) is 5.75 Å². The van der Waals surface area contributed by atoms with Gasteiger partial charge in [-0.1, -0.05) is 24.3 Å². The summed E-state index contributed by atoms with van der Waals surface area (Å²) in [5.41, 5.74) is 2.24. The number of nitrogens with zero attached hydrogens (tertiary/aromatic N) is 1. The quantitative estimate of drug-likeness (QED) is 0.807. The molecular formula is C24H30FNO2. The highest BCUT2D eigenvalue weighted by Crippen LogP contribution is 2.46. The highest BCUT2D eigenvalue weighted by atomic mass is 19.1. The van der Waals surface area contributed by atoms with E-state index in [0.29, 0.717) is 5.56 Å². The molecule has 2 atom stereocenters. The van der Waals surface area contributed by atoms with Gasteiger partial charge in [0.15, 0.2) is 0 Å². The van der Waals surface area contributed by atoms with Crippen LogP contribution in [0, 0.1) is 18.7 Å². The number of hydrogen-bond acceptors (Lipinski definition) is 3. The first-order valence-electron chi connectivity index (χ1n) is 9.83. The van der Waals surface area contributed by atoms with Gasteiger partial charge in [0.2, 0.25) is 0 Å². The Kier molecular flexibility index (Phi) is 6.21. The van der Waals surface area contributed by atoms with Gasteiger partial charge in [-0.3, -0.25) is 0 Å². The van der Waals surface area contributed by atoms with E-state index >= 15 is 0 Å². The van der Waals surface area contributed by atoms with Crippen LogP contribution in [0.4, 0.5) is 4.39 Å². The Morgan fingerprint density at radius 1 is 1.21 bits per heavy atom. The summed E-state index contributed by atoms with van der Waals surface area (Å²) in [5.74, 6) is 0.610. The van der Waals surface area contributed by atoms with Gasteiger partial charge in [-0.2, -0.15) is 0 Å². The second-order valence-electron chi connectivity index (χ2n) is 8.02. The summed E-state index contributed by atoms with van der Waals surface area (Å²) in [5, 5.41) is 12.0. The predicted molar refractivity (Wildman–Crippen MR) is 112 cm³/mol. The molecule has 28 heavy (non-hydrogen) atoms. The molecule has 150 valence electrons. The summed E-state index contributed by atoms with van der Waals surface area (Å²) in [6.45, 7) is 2.52. The van der Waals surface area contributed by atoms with E-state index in [4.69, 9.17) is 4.74 Å². The van der Waals surface area contributed by atoms with Crippen molar-refractivity contribution in [3.05, 3.63) is 70.5 Å². The number of halogens is 1. The molecule has 3 nitrogen and oxygen atoms in total. The van der Waals surface area contributed by atoms with Gasteiger partial charge in [0.25, 0.3) is 0 Å². The molecule has 0 aromatic heterocycles. The molecule has 0 saturated heterocycles. The molecule has 1 fully saturated rings. The van der Waals surface area contributed by atoms with E-state index in [1.165, 1.54) is 6.07 Å². The Balaban J connectivity index is 2.09. The minimum Gasteiger partial charge on any atom is -0.497 e. The van der Waals surface area contributed by atoms with Crippen molar-refractivity contribution in [1.29, 1.82) is 0 Å². The van der Waals surface area contributed by atoms with E-state index in [9.17, 15) is 9.50 Å². The first-order valence-corrected chi connectivity index (χ1v) is 9.83. The average Bonchev–Trinajstić information content (AvgIpc) is 2.67. The summed E-state index contributed by atoms with van der Waals surface area (Å²) in [6.07, 6.45) is 4.87. The summed E-state index contributed by atoms with van der Waals surface area (Å²) < 4.78 is 19.1. The topological polar surface area (TPSA) is 32.7 Å². The van der Waals surface area contributed by atoms with Crippen LogP contribution in [0.15, 0.2) is 48.0 Å². The van der Waals surface area contributed by atoms with E-state index < -0.39 is 5.60 Å². The third-order valence-corrected chi connectivity index (χ3v) is 5.72. The maximum absolute atomic E-state index is 13.9. The molecule has 0 bridgehead atoms. The zero-order valence-corrected chi connectivity index (χ0v) is 17.2. The zero-order chi connectivity index (χ0) is 20.3. The van der Waals surface area contributed by atoms with Crippen molar-refractivity contribution in [3.8, 4) is 5.75 Å². The maximum atomic E-state index is 13.9. The van der Waals surface area contributed by atoms with Gasteiger partial charge < -0.3 is 14.7 Å². The van der Waals surface area contributed by atoms with Crippen molar-refractivity contribution in [2.75, 3.05) is 27.7 Å². The van der Waals surface area contributed by atoms with Gasteiger partial charge in [-0.15, -0.1) is 0 Å². The number of aryl methyl sites for hydroxylation is 1. The van der Waals surface area contributed by atoms with E-state index in [0.717, 1.165) is 48.3 Å². The van der Waals surface area contributed by atoms with E-state index in [1.807, 2.05) is 38.4 Å². The molecular weight excluding hydrogens is 353 g/mol. The second-order valence-corrected chi connectivity index (χ2v) is 8.02. The van der Waals surface area contributed by atoms with Crippen LogP contribution in [-0.4, -0.2) is 37.8 Å². The van der Waals surface area contributed by atoms with Crippen molar-refractivity contribution in [2.45, 2.75) is 31.8 Å². The van der Waals surface area contributed by atoms with Crippen LogP contribution >= 0.6 is 0 Å². The summed E-state index contributed by atoms with van der Waals surface area (Å²) >= 11 is 0. The fourth-order valence-corrected chi connectivity index (χ4v) is 4.25. The minimum absolute atomic E-state index is 0.0469. The van der Waals surface area contributed by atoms with Crippen LogP contribution in [-0.2, 0) is 5.60 Å². The molecule has 0 amide bonds. The molecule has 0 radical (unpaired) electrons. The third kappa shape index (κ3) is 4.13. The van der Waals surface area contributed by atoms with Crippen molar-refractivity contribution >= 4 is 6.08 Å². The first kappa shape index (κ1) is 20.6. The van der Waals surface area contributed by atoms with E-state index in [1.54, 1.807) is 26.2 Å². The van der Waals surface area contributed by atoms with Crippen molar-refractivity contribution in [1.82, 2.24) is 4.90 Å². The molecule has 0 heterocycles. The Labute approximate surface area is 167 Å². The van der Waals surface area contributed by atoms with Crippen LogP contribution in [0.2, 0.25) is 0 Å². The summed E-state index contributed by atoms with van der Waals surface area (Å²) in [7, 11) is 5.70. The molecule has 3 rings (SSSR count). The lowest BCUT2D eigenvalue weighted by Gasteiger charge is -2.44. The van der Waals surface area contributed by atoms with Crippen LogP contribution in [0.3, 0.4) is 0 Å². The molecule has 4 heteroatoms. The molecule has 1 aliphatic rings. The van der Waals surface area contributed by atoms with Gasteiger partial charge in [0.1, 0.15) is 17.2 Å². The number of rotatable bonds is 5. The SMILES string of the molecule is COc1ccc(C=C2CCCC(CN(C)C)C2(O)c2ccc(F)c(C)c2)cc1. The van der Waals surface area contributed by atoms with Gasteiger partial charge in [-0.05, 0) is 86.8 Å². The Hall–Kier alpha value is -2.17. The smallest absolute Gasteiger partial charge is 0.126 e. The van der Waals surface area contributed by atoms with Crippen molar-refractivity contribution < 1.29 is 14.2 Å². The lowest BCUT2D eigenvalue weighted by Crippen LogP contribution is -2.44. The number of methoxy groups -OCH3 is 1. The normalized spacial score (nSPS) is 24.0.